The molecule has 1 atom stereocenters. The number of allylic oxidation sites excluding steroid dienone is 2. The molecular formula is C16H25N3O4. The molecular weight excluding hydrogens is 298 g/mol. The van der Waals surface area contributed by atoms with E-state index < -0.39 is 12.0 Å². The molecule has 3 N–H and O–H groups in total. The van der Waals surface area contributed by atoms with Crippen LogP contribution in [-0.2, 0) is 9.59 Å². The third-order valence-corrected chi connectivity index (χ3v) is 4.36. The average Bonchev–Trinajstić information content (AvgIpc) is 2.95. The predicted octanol–water partition coefficient (Wildman–Crippen LogP) is 1.11. The van der Waals surface area contributed by atoms with Crippen LogP contribution in [0.5, 0.6) is 0 Å². The topological polar surface area (TPSA) is 98.7 Å². The van der Waals surface area contributed by atoms with Crippen LogP contribution in [0, 0.1) is 5.92 Å². The van der Waals surface area contributed by atoms with E-state index in [1.807, 2.05) is 0 Å². The van der Waals surface area contributed by atoms with Crippen molar-refractivity contribution in [2.75, 3.05) is 19.6 Å². The third kappa shape index (κ3) is 5.58. The first-order chi connectivity index (χ1) is 11.1. The number of carbonyl (C=O) groups excluding carboxylic acids is 2. The van der Waals surface area contributed by atoms with Crippen LogP contribution in [0.3, 0.4) is 0 Å². The second-order valence-electron chi connectivity index (χ2n) is 6.20. The van der Waals surface area contributed by atoms with Gasteiger partial charge in [0.2, 0.25) is 5.91 Å². The number of aliphatic carboxylic acids is 1. The summed E-state index contributed by atoms with van der Waals surface area (Å²) in [4.78, 5) is 36.4. The maximum Gasteiger partial charge on any atom is 0.323 e. The molecule has 3 amide bonds. The Morgan fingerprint density at radius 3 is 2.70 bits per heavy atom. The fraction of sp³-hybridized carbons (Fsp3) is 0.688. The summed E-state index contributed by atoms with van der Waals surface area (Å²) in [5.74, 6) is -0.741. The zero-order chi connectivity index (χ0) is 16.7. The van der Waals surface area contributed by atoms with Crippen LogP contribution < -0.4 is 10.6 Å². The van der Waals surface area contributed by atoms with E-state index in [-0.39, 0.29) is 18.5 Å². The minimum Gasteiger partial charge on any atom is -0.480 e. The number of carboxylic acid groups (broad SMARTS) is 1. The SMILES string of the molecule is O=C(O)CN1CCCCC(NC(=O)NCCC2CC=CC2)C1=O. The molecule has 1 heterocycles. The van der Waals surface area contributed by atoms with Crippen LogP contribution in [0.25, 0.3) is 0 Å². The molecule has 0 spiro atoms. The second-order valence-corrected chi connectivity index (χ2v) is 6.20. The van der Waals surface area contributed by atoms with Gasteiger partial charge in [0.25, 0.3) is 0 Å². The summed E-state index contributed by atoms with van der Waals surface area (Å²) in [6.07, 6.45) is 9.47. The highest BCUT2D eigenvalue weighted by Gasteiger charge is 2.29. The standard InChI is InChI=1S/C16H25N3O4/c20-14(21)11-19-10-4-3-7-13(15(19)22)18-16(23)17-9-8-12-5-1-2-6-12/h1-2,12-13H,3-11H2,(H,20,21)(H2,17,18,23). The quantitative estimate of drug-likeness (QED) is 0.638. The first-order valence-electron chi connectivity index (χ1n) is 8.26. The Balaban J connectivity index is 1.75. The number of carbonyl (C=O) groups is 3. The first-order valence-corrected chi connectivity index (χ1v) is 8.26. The lowest BCUT2D eigenvalue weighted by Crippen LogP contribution is -2.51. The number of hydrogen-bond acceptors (Lipinski definition) is 3. The first kappa shape index (κ1) is 17.3. The maximum absolute atomic E-state index is 12.3. The van der Waals surface area contributed by atoms with E-state index in [4.69, 9.17) is 5.11 Å². The number of urea groups is 1. The van der Waals surface area contributed by atoms with E-state index in [1.54, 1.807) is 0 Å². The van der Waals surface area contributed by atoms with Crippen LogP contribution in [-0.4, -0.2) is 53.6 Å². The van der Waals surface area contributed by atoms with Crippen molar-refractivity contribution < 1.29 is 19.5 Å². The lowest BCUT2D eigenvalue weighted by atomic mass is 10.0. The Morgan fingerprint density at radius 2 is 2.00 bits per heavy atom. The molecule has 0 bridgehead atoms. The molecule has 0 aromatic heterocycles. The lowest BCUT2D eigenvalue weighted by Gasteiger charge is -2.23. The monoisotopic (exact) mass is 323 g/mol. The van der Waals surface area contributed by atoms with Crippen LogP contribution in [0.15, 0.2) is 12.2 Å². The third-order valence-electron chi connectivity index (χ3n) is 4.36. The molecule has 23 heavy (non-hydrogen) atoms. The molecule has 1 fully saturated rings. The van der Waals surface area contributed by atoms with Gasteiger partial charge in [0.15, 0.2) is 0 Å². The number of rotatable bonds is 6. The molecule has 0 radical (unpaired) electrons. The number of nitrogens with zero attached hydrogens (tertiary/aromatic N) is 1. The van der Waals surface area contributed by atoms with Crippen molar-refractivity contribution in [1.82, 2.24) is 15.5 Å². The highest BCUT2D eigenvalue weighted by atomic mass is 16.4. The number of hydrogen-bond donors (Lipinski definition) is 3. The fourth-order valence-corrected chi connectivity index (χ4v) is 3.07. The highest BCUT2D eigenvalue weighted by Crippen LogP contribution is 2.20. The van der Waals surface area contributed by atoms with Crippen molar-refractivity contribution >= 4 is 17.9 Å². The lowest BCUT2D eigenvalue weighted by molar-refractivity contribution is -0.144. The molecule has 2 rings (SSSR count). The summed E-state index contributed by atoms with van der Waals surface area (Å²) in [5, 5.41) is 14.3. The van der Waals surface area contributed by atoms with Crippen LogP contribution in [0.4, 0.5) is 4.79 Å². The van der Waals surface area contributed by atoms with E-state index in [0.29, 0.717) is 25.4 Å². The summed E-state index contributed by atoms with van der Waals surface area (Å²) >= 11 is 0. The summed E-state index contributed by atoms with van der Waals surface area (Å²) in [6.45, 7) is 0.699. The Morgan fingerprint density at radius 1 is 1.26 bits per heavy atom. The molecule has 1 saturated heterocycles. The van der Waals surface area contributed by atoms with E-state index in [1.165, 1.54) is 4.90 Å². The number of likely N-dealkylation sites (tertiary alicyclic amines) is 1. The van der Waals surface area contributed by atoms with Gasteiger partial charge in [-0.1, -0.05) is 12.2 Å². The van der Waals surface area contributed by atoms with Gasteiger partial charge in [-0.05, 0) is 44.4 Å². The fourth-order valence-electron chi connectivity index (χ4n) is 3.07. The number of amides is 3. The molecule has 7 heteroatoms. The summed E-state index contributed by atoms with van der Waals surface area (Å²) in [5.41, 5.74) is 0. The zero-order valence-corrected chi connectivity index (χ0v) is 13.3. The summed E-state index contributed by atoms with van der Waals surface area (Å²) in [7, 11) is 0. The van der Waals surface area contributed by atoms with Crippen LogP contribution in [0.1, 0.15) is 38.5 Å². The normalized spacial score (nSPS) is 22.0. The second kappa shape index (κ2) is 8.55. The average molecular weight is 323 g/mol. The van der Waals surface area contributed by atoms with Gasteiger partial charge in [0.05, 0.1) is 0 Å². The molecule has 7 nitrogen and oxygen atoms in total. The van der Waals surface area contributed by atoms with Crippen molar-refractivity contribution in [3.05, 3.63) is 12.2 Å². The van der Waals surface area contributed by atoms with Gasteiger partial charge < -0.3 is 20.6 Å². The molecule has 1 aliphatic carbocycles. The van der Waals surface area contributed by atoms with E-state index >= 15 is 0 Å². The minimum atomic E-state index is -1.03. The molecule has 0 aromatic carbocycles. The highest BCUT2D eigenvalue weighted by molar-refractivity contribution is 5.89. The van der Waals surface area contributed by atoms with Gasteiger partial charge in [0.1, 0.15) is 12.6 Å². The van der Waals surface area contributed by atoms with Crippen molar-refractivity contribution in [2.24, 2.45) is 5.92 Å². The molecule has 1 unspecified atom stereocenters. The van der Waals surface area contributed by atoms with Gasteiger partial charge in [-0.2, -0.15) is 0 Å². The van der Waals surface area contributed by atoms with Gasteiger partial charge in [-0.3, -0.25) is 9.59 Å². The van der Waals surface area contributed by atoms with Gasteiger partial charge in [0, 0.05) is 13.1 Å². The molecule has 0 aromatic rings. The Labute approximate surface area is 136 Å². The Bertz CT molecular complexity index is 470. The van der Waals surface area contributed by atoms with Crippen molar-refractivity contribution in [2.45, 2.75) is 44.6 Å². The number of carboxylic acids is 1. The minimum absolute atomic E-state index is 0.306. The molecule has 0 saturated carbocycles. The van der Waals surface area contributed by atoms with Gasteiger partial charge in [-0.15, -0.1) is 0 Å². The van der Waals surface area contributed by atoms with Crippen molar-refractivity contribution in [1.29, 1.82) is 0 Å². The molecule has 1 aliphatic heterocycles. The predicted molar refractivity (Wildman–Crippen MR) is 84.9 cm³/mol. The smallest absolute Gasteiger partial charge is 0.323 e. The van der Waals surface area contributed by atoms with E-state index in [0.717, 1.165) is 32.1 Å². The zero-order valence-electron chi connectivity index (χ0n) is 13.3. The van der Waals surface area contributed by atoms with Crippen LogP contribution in [0.2, 0.25) is 0 Å². The molecule has 128 valence electrons. The van der Waals surface area contributed by atoms with Crippen LogP contribution >= 0.6 is 0 Å². The van der Waals surface area contributed by atoms with Crippen molar-refractivity contribution in [3.63, 3.8) is 0 Å². The van der Waals surface area contributed by atoms with E-state index in [9.17, 15) is 14.4 Å². The number of nitrogens with one attached hydrogen (secondary N) is 2. The van der Waals surface area contributed by atoms with Crippen molar-refractivity contribution in [3.8, 4) is 0 Å². The van der Waals surface area contributed by atoms with E-state index in [2.05, 4.69) is 22.8 Å². The Kier molecular flexibility index (Phi) is 6.43. The largest absolute Gasteiger partial charge is 0.480 e. The molecule has 2 aliphatic rings. The summed E-state index contributed by atoms with van der Waals surface area (Å²) in [6, 6.07) is -0.989. The summed E-state index contributed by atoms with van der Waals surface area (Å²) < 4.78 is 0. The Hall–Kier alpha value is -2.05. The maximum atomic E-state index is 12.3. The van der Waals surface area contributed by atoms with Gasteiger partial charge >= 0.3 is 12.0 Å². The van der Waals surface area contributed by atoms with Gasteiger partial charge in [-0.25, -0.2) is 4.79 Å².